The Morgan fingerprint density at radius 1 is 1.11 bits per heavy atom. The van der Waals surface area contributed by atoms with Gasteiger partial charge in [0.25, 0.3) is 5.56 Å². The van der Waals surface area contributed by atoms with Crippen LogP contribution in [0, 0.1) is 5.92 Å². The second-order valence-electron chi connectivity index (χ2n) is 7.98. The van der Waals surface area contributed by atoms with Crippen molar-refractivity contribution in [1.29, 1.82) is 0 Å². The summed E-state index contributed by atoms with van der Waals surface area (Å²) in [7, 11) is 0. The van der Waals surface area contributed by atoms with Gasteiger partial charge in [0, 0.05) is 13.2 Å². The number of halogens is 1. The van der Waals surface area contributed by atoms with Crippen LogP contribution in [0.3, 0.4) is 0 Å². The van der Waals surface area contributed by atoms with Gasteiger partial charge in [-0.3, -0.25) is 4.79 Å². The molecule has 2 fully saturated rings. The van der Waals surface area contributed by atoms with Crippen molar-refractivity contribution >= 4 is 17.3 Å². The summed E-state index contributed by atoms with van der Waals surface area (Å²) in [6.07, 6.45) is 10.3. The fraction of sp³-hybridized carbons (Fsp3) is 0.545. The molecule has 150 valence electrons. The topological polar surface area (TPSA) is 56.1 Å². The molecule has 1 aromatic heterocycles. The monoisotopic (exact) mass is 401 g/mol. The van der Waals surface area contributed by atoms with E-state index in [0.717, 1.165) is 38.3 Å². The van der Waals surface area contributed by atoms with Gasteiger partial charge < -0.3 is 10.1 Å². The van der Waals surface area contributed by atoms with Crippen molar-refractivity contribution in [3.8, 4) is 5.69 Å². The molecule has 0 amide bonds. The van der Waals surface area contributed by atoms with E-state index in [4.69, 9.17) is 16.3 Å². The summed E-state index contributed by atoms with van der Waals surface area (Å²) in [5, 5.41) is 7.79. The molecular weight excluding hydrogens is 374 g/mol. The normalized spacial score (nSPS) is 20.8. The van der Waals surface area contributed by atoms with Gasteiger partial charge in [0.2, 0.25) is 0 Å². The van der Waals surface area contributed by atoms with Gasteiger partial charge in [-0.1, -0.05) is 43.0 Å². The van der Waals surface area contributed by atoms with Gasteiger partial charge >= 0.3 is 0 Å². The van der Waals surface area contributed by atoms with Crippen molar-refractivity contribution in [1.82, 2.24) is 9.78 Å². The Bertz CT molecular complexity index is 838. The quantitative estimate of drug-likeness (QED) is 0.783. The maximum absolute atomic E-state index is 12.7. The zero-order valence-electron chi connectivity index (χ0n) is 16.2. The Morgan fingerprint density at radius 2 is 1.89 bits per heavy atom. The average Bonchev–Trinajstić information content (AvgIpc) is 2.76. The molecule has 1 atom stereocenters. The summed E-state index contributed by atoms with van der Waals surface area (Å²) in [6, 6.07) is 8.20. The van der Waals surface area contributed by atoms with E-state index in [-0.39, 0.29) is 10.6 Å². The number of nitrogens with zero attached hydrogens (tertiary/aromatic N) is 2. The Labute approximate surface area is 171 Å². The lowest BCUT2D eigenvalue weighted by Gasteiger charge is -2.23. The third-order valence-corrected chi connectivity index (χ3v) is 6.33. The van der Waals surface area contributed by atoms with Crippen LogP contribution in [0.15, 0.2) is 35.3 Å². The van der Waals surface area contributed by atoms with E-state index in [1.165, 1.54) is 42.3 Å². The fourth-order valence-electron chi connectivity index (χ4n) is 4.29. The molecule has 0 spiro atoms. The summed E-state index contributed by atoms with van der Waals surface area (Å²) in [5.41, 5.74) is 2.40. The summed E-state index contributed by atoms with van der Waals surface area (Å²) in [6.45, 7) is 2.33. The minimum atomic E-state index is -0.294. The number of rotatable bonds is 5. The third-order valence-electron chi connectivity index (χ3n) is 5.97. The van der Waals surface area contributed by atoms with Gasteiger partial charge in [-0.2, -0.15) is 9.78 Å². The molecule has 5 nitrogen and oxygen atoms in total. The maximum atomic E-state index is 12.7. The van der Waals surface area contributed by atoms with E-state index in [0.29, 0.717) is 17.5 Å². The third kappa shape index (κ3) is 4.41. The number of anilines is 1. The van der Waals surface area contributed by atoms with Crippen LogP contribution in [-0.4, -0.2) is 29.5 Å². The van der Waals surface area contributed by atoms with Crippen LogP contribution in [0.4, 0.5) is 5.69 Å². The van der Waals surface area contributed by atoms with Crippen molar-refractivity contribution in [3.63, 3.8) is 0 Å². The van der Waals surface area contributed by atoms with E-state index >= 15 is 0 Å². The molecule has 0 radical (unpaired) electrons. The van der Waals surface area contributed by atoms with E-state index in [1.807, 2.05) is 12.1 Å². The second-order valence-corrected chi connectivity index (χ2v) is 8.36. The number of hydrogen-bond acceptors (Lipinski definition) is 4. The first-order valence-electron chi connectivity index (χ1n) is 10.4. The predicted octanol–water partition coefficient (Wildman–Crippen LogP) is 4.77. The lowest BCUT2D eigenvalue weighted by molar-refractivity contribution is 0.0595. The highest BCUT2D eigenvalue weighted by Gasteiger charge is 2.17. The molecule has 28 heavy (non-hydrogen) atoms. The van der Waals surface area contributed by atoms with Crippen molar-refractivity contribution < 1.29 is 4.74 Å². The molecule has 0 bridgehead atoms. The van der Waals surface area contributed by atoms with Crippen LogP contribution in [0.25, 0.3) is 5.69 Å². The fourth-order valence-corrected chi connectivity index (χ4v) is 4.48. The number of hydrogen-bond donors (Lipinski definition) is 1. The molecule has 1 aromatic carbocycles. The second kappa shape index (κ2) is 9.10. The van der Waals surface area contributed by atoms with Crippen molar-refractivity contribution in [2.45, 2.75) is 50.9 Å². The zero-order valence-corrected chi connectivity index (χ0v) is 17.0. The molecule has 2 aliphatic rings. The van der Waals surface area contributed by atoms with Gasteiger partial charge in [-0.15, -0.1) is 0 Å². The van der Waals surface area contributed by atoms with E-state index in [2.05, 4.69) is 22.5 Å². The van der Waals surface area contributed by atoms with Crippen LogP contribution in [0.1, 0.15) is 56.4 Å². The summed E-state index contributed by atoms with van der Waals surface area (Å²) < 4.78 is 6.88. The molecule has 4 rings (SSSR count). The molecule has 1 N–H and O–H groups in total. The predicted molar refractivity (Wildman–Crippen MR) is 113 cm³/mol. The zero-order chi connectivity index (χ0) is 19.3. The van der Waals surface area contributed by atoms with Crippen molar-refractivity contribution in [2.75, 3.05) is 25.1 Å². The first kappa shape index (κ1) is 19.5. The van der Waals surface area contributed by atoms with Crippen LogP contribution >= 0.6 is 11.6 Å². The Balaban J connectivity index is 1.47. The van der Waals surface area contributed by atoms with Crippen LogP contribution in [-0.2, 0) is 4.74 Å². The molecule has 1 aliphatic heterocycles. The molecule has 0 unspecified atom stereocenters. The van der Waals surface area contributed by atoms with Crippen LogP contribution in [0.2, 0.25) is 5.02 Å². The average molecular weight is 402 g/mol. The highest BCUT2D eigenvalue weighted by Crippen LogP contribution is 2.32. The molecule has 1 saturated heterocycles. The number of ether oxygens (including phenoxy) is 1. The Kier molecular flexibility index (Phi) is 6.33. The SMILES string of the molecule is O=c1c(Cl)c(NC[C@@H]2CCCOC2)cnn1-c1ccc(C2CCCCC2)cc1. The first-order chi connectivity index (χ1) is 13.7. The van der Waals surface area contributed by atoms with Gasteiger partial charge in [-0.05, 0) is 55.2 Å². The summed E-state index contributed by atoms with van der Waals surface area (Å²) >= 11 is 6.35. The number of aromatic nitrogens is 2. The number of benzene rings is 1. The van der Waals surface area contributed by atoms with E-state index < -0.39 is 0 Å². The van der Waals surface area contributed by atoms with Gasteiger partial charge in [0.1, 0.15) is 5.02 Å². The highest BCUT2D eigenvalue weighted by atomic mass is 35.5. The lowest BCUT2D eigenvalue weighted by Crippen LogP contribution is -2.26. The molecule has 6 heteroatoms. The van der Waals surface area contributed by atoms with Gasteiger partial charge in [0.15, 0.2) is 0 Å². The molecule has 2 aromatic rings. The van der Waals surface area contributed by atoms with Gasteiger partial charge in [-0.25, -0.2) is 0 Å². The Morgan fingerprint density at radius 3 is 2.61 bits per heavy atom. The largest absolute Gasteiger partial charge is 0.382 e. The summed E-state index contributed by atoms with van der Waals surface area (Å²) in [4.78, 5) is 12.7. The first-order valence-corrected chi connectivity index (χ1v) is 10.8. The molecule has 1 aliphatic carbocycles. The maximum Gasteiger partial charge on any atom is 0.292 e. The standard InChI is InChI=1S/C22H28ClN3O2/c23-21-20(24-13-16-5-4-12-28-15-16)14-25-26(22(21)27)19-10-8-18(9-11-19)17-6-2-1-3-7-17/h8-11,14,16-17,24H,1-7,12-13,15H2/t16-/m0/s1. The van der Waals surface area contributed by atoms with E-state index in [9.17, 15) is 4.79 Å². The molecule has 1 saturated carbocycles. The van der Waals surface area contributed by atoms with Crippen molar-refractivity contribution in [3.05, 3.63) is 51.4 Å². The molecule has 2 heterocycles. The van der Waals surface area contributed by atoms with E-state index in [1.54, 1.807) is 6.20 Å². The highest BCUT2D eigenvalue weighted by molar-refractivity contribution is 6.32. The lowest BCUT2D eigenvalue weighted by atomic mass is 9.84. The van der Waals surface area contributed by atoms with Crippen molar-refractivity contribution in [2.24, 2.45) is 5.92 Å². The smallest absolute Gasteiger partial charge is 0.292 e. The van der Waals surface area contributed by atoms with Crippen LogP contribution in [0.5, 0.6) is 0 Å². The van der Waals surface area contributed by atoms with Crippen LogP contribution < -0.4 is 10.9 Å². The summed E-state index contributed by atoms with van der Waals surface area (Å²) in [5.74, 6) is 1.09. The molecular formula is C22H28ClN3O2. The minimum absolute atomic E-state index is 0.183. The minimum Gasteiger partial charge on any atom is -0.382 e. The van der Waals surface area contributed by atoms with Gasteiger partial charge in [0.05, 0.1) is 24.2 Å². The Hall–Kier alpha value is -1.85. The number of nitrogens with one attached hydrogen (secondary N) is 1.